The van der Waals surface area contributed by atoms with Crippen LogP contribution in [0.3, 0.4) is 0 Å². The fraction of sp³-hybridized carbons (Fsp3) is 0.833. The molecule has 0 aliphatic carbocycles. The second-order valence-electron chi connectivity index (χ2n) is 3.80. The summed E-state index contributed by atoms with van der Waals surface area (Å²) in [5.41, 5.74) is 0.567. The summed E-state index contributed by atoms with van der Waals surface area (Å²) in [7, 11) is 0. The smallest absolute Gasteiger partial charge is 0.0268 e. The molecule has 0 N–H and O–H groups in total. The van der Waals surface area contributed by atoms with Gasteiger partial charge in [0.25, 0.3) is 0 Å². The number of rotatable bonds is 7. The van der Waals surface area contributed by atoms with Crippen molar-refractivity contribution in [3.05, 3.63) is 12.7 Å². The van der Waals surface area contributed by atoms with Crippen molar-refractivity contribution in [2.45, 2.75) is 59.3 Å². The van der Waals surface area contributed by atoms with Crippen LogP contribution >= 0.6 is 0 Å². The lowest BCUT2D eigenvalue weighted by Gasteiger charge is -2.30. The molecule has 0 saturated carbocycles. The van der Waals surface area contributed by atoms with E-state index in [2.05, 4.69) is 33.4 Å². The summed E-state index contributed by atoms with van der Waals surface area (Å²) in [4.78, 5) is 0. The van der Waals surface area contributed by atoms with Crippen LogP contribution in [0.25, 0.3) is 0 Å². The van der Waals surface area contributed by atoms with Gasteiger partial charge in [0.05, 0.1) is 0 Å². The molecular formula is C12H24. The van der Waals surface area contributed by atoms with Gasteiger partial charge in [0.15, 0.2) is 0 Å². The molecule has 0 fully saturated rings. The standard InChI is InChI=1S/C12H24/c1-5-9-11-12(7-3,8-4)10-6-2/h6H,2,5,7-11H2,1,3-4H3. The van der Waals surface area contributed by atoms with Crippen molar-refractivity contribution in [3.63, 3.8) is 0 Å². The zero-order valence-electron chi connectivity index (χ0n) is 9.03. The molecule has 0 aromatic heterocycles. The fourth-order valence-corrected chi connectivity index (χ4v) is 1.85. The first-order valence-electron chi connectivity index (χ1n) is 5.35. The van der Waals surface area contributed by atoms with Crippen LogP contribution in [-0.4, -0.2) is 0 Å². The Balaban J connectivity index is 4.03. The molecule has 0 bridgehead atoms. The van der Waals surface area contributed by atoms with E-state index in [0.29, 0.717) is 5.41 Å². The van der Waals surface area contributed by atoms with E-state index in [1.807, 2.05) is 0 Å². The molecular weight excluding hydrogens is 144 g/mol. The Kier molecular flexibility index (Phi) is 6.14. The second-order valence-corrected chi connectivity index (χ2v) is 3.80. The van der Waals surface area contributed by atoms with Crippen LogP contribution in [-0.2, 0) is 0 Å². The monoisotopic (exact) mass is 168 g/mol. The van der Waals surface area contributed by atoms with E-state index in [0.717, 1.165) is 0 Å². The van der Waals surface area contributed by atoms with Crippen molar-refractivity contribution < 1.29 is 0 Å². The quantitative estimate of drug-likeness (QED) is 0.489. The highest BCUT2D eigenvalue weighted by molar-refractivity contribution is 4.84. The predicted molar refractivity (Wildman–Crippen MR) is 57.4 cm³/mol. The molecule has 0 radical (unpaired) electrons. The minimum absolute atomic E-state index is 0.567. The molecule has 0 aliphatic heterocycles. The van der Waals surface area contributed by atoms with E-state index in [-0.39, 0.29) is 0 Å². The first kappa shape index (κ1) is 11.7. The Labute approximate surface area is 78.1 Å². The molecule has 0 unspecified atom stereocenters. The van der Waals surface area contributed by atoms with Gasteiger partial charge in [-0.1, -0.05) is 52.5 Å². The van der Waals surface area contributed by atoms with Gasteiger partial charge in [-0.25, -0.2) is 0 Å². The zero-order chi connectivity index (χ0) is 9.45. The Morgan fingerprint density at radius 3 is 2.08 bits per heavy atom. The summed E-state index contributed by atoms with van der Waals surface area (Å²) in [6.45, 7) is 10.7. The fourth-order valence-electron chi connectivity index (χ4n) is 1.85. The summed E-state index contributed by atoms with van der Waals surface area (Å²) in [5.74, 6) is 0. The Bertz CT molecular complexity index is 109. The SMILES string of the molecule is C=CCC(CC)(CC)CCCC. The second kappa shape index (κ2) is 6.28. The molecule has 0 atom stereocenters. The molecule has 0 amide bonds. The van der Waals surface area contributed by atoms with Crippen molar-refractivity contribution in [1.29, 1.82) is 0 Å². The largest absolute Gasteiger partial charge is 0.103 e. The van der Waals surface area contributed by atoms with Gasteiger partial charge < -0.3 is 0 Å². The lowest BCUT2D eigenvalue weighted by atomic mass is 9.75. The van der Waals surface area contributed by atoms with Crippen molar-refractivity contribution in [2.75, 3.05) is 0 Å². The van der Waals surface area contributed by atoms with E-state index in [1.165, 1.54) is 38.5 Å². The maximum atomic E-state index is 3.85. The number of hydrogen-bond donors (Lipinski definition) is 0. The van der Waals surface area contributed by atoms with Gasteiger partial charge in [-0.15, -0.1) is 6.58 Å². The van der Waals surface area contributed by atoms with E-state index in [9.17, 15) is 0 Å². The highest BCUT2D eigenvalue weighted by atomic mass is 14.3. The highest BCUT2D eigenvalue weighted by Crippen LogP contribution is 2.36. The van der Waals surface area contributed by atoms with Crippen molar-refractivity contribution in [2.24, 2.45) is 5.41 Å². The van der Waals surface area contributed by atoms with Crippen LogP contribution in [0.4, 0.5) is 0 Å². The van der Waals surface area contributed by atoms with E-state index < -0.39 is 0 Å². The maximum Gasteiger partial charge on any atom is -0.0268 e. The van der Waals surface area contributed by atoms with Gasteiger partial charge in [0, 0.05) is 0 Å². The van der Waals surface area contributed by atoms with Crippen LogP contribution in [0.5, 0.6) is 0 Å². The van der Waals surface area contributed by atoms with E-state index >= 15 is 0 Å². The Morgan fingerprint density at radius 2 is 1.75 bits per heavy atom. The summed E-state index contributed by atoms with van der Waals surface area (Å²) in [5, 5.41) is 0. The number of unbranched alkanes of at least 4 members (excludes halogenated alkanes) is 1. The van der Waals surface area contributed by atoms with Gasteiger partial charge in [0.2, 0.25) is 0 Å². The van der Waals surface area contributed by atoms with Crippen LogP contribution < -0.4 is 0 Å². The first-order valence-corrected chi connectivity index (χ1v) is 5.35. The maximum absolute atomic E-state index is 3.85. The average Bonchev–Trinajstić information content (AvgIpc) is 2.13. The third kappa shape index (κ3) is 3.42. The molecule has 0 rings (SSSR count). The lowest BCUT2D eigenvalue weighted by molar-refractivity contribution is 0.235. The van der Waals surface area contributed by atoms with Gasteiger partial charge in [-0.3, -0.25) is 0 Å². The van der Waals surface area contributed by atoms with Crippen LogP contribution in [0.15, 0.2) is 12.7 Å². The molecule has 0 nitrogen and oxygen atoms in total. The Morgan fingerprint density at radius 1 is 1.17 bits per heavy atom. The summed E-state index contributed by atoms with van der Waals surface area (Å²) in [6.07, 6.45) is 9.95. The van der Waals surface area contributed by atoms with Gasteiger partial charge >= 0.3 is 0 Å². The van der Waals surface area contributed by atoms with Crippen molar-refractivity contribution in [1.82, 2.24) is 0 Å². The Hall–Kier alpha value is -0.260. The minimum atomic E-state index is 0.567. The zero-order valence-corrected chi connectivity index (χ0v) is 9.03. The van der Waals surface area contributed by atoms with Crippen LogP contribution in [0.2, 0.25) is 0 Å². The molecule has 0 saturated heterocycles. The molecule has 0 heteroatoms. The number of allylic oxidation sites excluding steroid dienone is 1. The molecule has 0 aromatic rings. The molecule has 72 valence electrons. The highest BCUT2D eigenvalue weighted by Gasteiger charge is 2.23. The third-order valence-corrected chi connectivity index (χ3v) is 3.14. The van der Waals surface area contributed by atoms with Crippen molar-refractivity contribution in [3.8, 4) is 0 Å². The lowest BCUT2D eigenvalue weighted by Crippen LogP contribution is -2.17. The van der Waals surface area contributed by atoms with Crippen LogP contribution in [0.1, 0.15) is 59.3 Å². The summed E-state index contributed by atoms with van der Waals surface area (Å²) >= 11 is 0. The van der Waals surface area contributed by atoms with Gasteiger partial charge in [-0.05, 0) is 18.3 Å². The van der Waals surface area contributed by atoms with E-state index in [4.69, 9.17) is 0 Å². The van der Waals surface area contributed by atoms with Gasteiger partial charge in [0.1, 0.15) is 0 Å². The van der Waals surface area contributed by atoms with Crippen LogP contribution in [0, 0.1) is 5.41 Å². The number of hydrogen-bond acceptors (Lipinski definition) is 0. The van der Waals surface area contributed by atoms with E-state index in [1.54, 1.807) is 0 Å². The molecule has 0 heterocycles. The summed E-state index contributed by atoms with van der Waals surface area (Å²) < 4.78 is 0. The molecule has 12 heavy (non-hydrogen) atoms. The summed E-state index contributed by atoms with van der Waals surface area (Å²) in [6, 6.07) is 0. The topological polar surface area (TPSA) is 0 Å². The van der Waals surface area contributed by atoms with Gasteiger partial charge in [-0.2, -0.15) is 0 Å². The van der Waals surface area contributed by atoms with Crippen molar-refractivity contribution >= 4 is 0 Å². The predicted octanol–water partition coefficient (Wildman–Crippen LogP) is 4.56. The normalized spacial score (nSPS) is 11.6. The molecule has 0 spiro atoms. The average molecular weight is 168 g/mol. The first-order chi connectivity index (χ1) is 5.74. The molecule has 0 aromatic carbocycles. The molecule has 0 aliphatic rings. The minimum Gasteiger partial charge on any atom is -0.103 e. The third-order valence-electron chi connectivity index (χ3n) is 3.14.